The van der Waals surface area contributed by atoms with Crippen molar-refractivity contribution in [3.63, 3.8) is 0 Å². The first-order chi connectivity index (χ1) is 28.8. The fraction of sp³-hybridized carbons (Fsp3) is 0.0189. The predicted octanol–water partition coefficient (Wildman–Crippen LogP) is 12.9. The van der Waals surface area contributed by atoms with E-state index in [0.29, 0.717) is 5.84 Å². The molecule has 1 aromatic heterocycles. The van der Waals surface area contributed by atoms with Crippen molar-refractivity contribution in [1.29, 1.82) is 0 Å². The van der Waals surface area contributed by atoms with E-state index in [1.165, 1.54) is 27.5 Å². The van der Waals surface area contributed by atoms with Crippen LogP contribution in [0.2, 0.25) is 0 Å². The molecule has 2 aliphatic heterocycles. The number of hydrogen-bond donors (Lipinski definition) is 1. The summed E-state index contributed by atoms with van der Waals surface area (Å²) in [4.78, 5) is 12.7. The maximum Gasteiger partial charge on any atom is 0.159 e. The largest absolute Gasteiger partial charge is 0.344 e. The van der Waals surface area contributed by atoms with E-state index in [1.807, 2.05) is 24.3 Å². The maximum absolute atomic E-state index is 5.18. The van der Waals surface area contributed by atoms with E-state index in [9.17, 15) is 0 Å². The highest BCUT2D eigenvalue weighted by atomic mass is 15.2. The molecule has 0 bridgehead atoms. The molecule has 0 aliphatic carbocycles. The molecule has 0 fully saturated rings. The second kappa shape index (κ2) is 14.1. The van der Waals surface area contributed by atoms with Crippen LogP contribution in [0.25, 0.3) is 50.8 Å². The van der Waals surface area contributed by atoms with Gasteiger partial charge in [0.05, 0.1) is 22.4 Å². The van der Waals surface area contributed by atoms with E-state index in [0.717, 1.165) is 61.9 Å². The second-order valence-corrected chi connectivity index (χ2v) is 14.7. The average molecular weight is 744 g/mol. The third kappa shape index (κ3) is 5.80. The second-order valence-electron chi connectivity index (χ2n) is 14.7. The summed E-state index contributed by atoms with van der Waals surface area (Å²) >= 11 is 0. The Kier molecular flexibility index (Phi) is 8.14. The number of aliphatic imine (C=N–C) groups is 2. The monoisotopic (exact) mass is 743 g/mol. The lowest BCUT2D eigenvalue weighted by atomic mass is 9.96. The summed E-state index contributed by atoms with van der Waals surface area (Å²) < 4.78 is 2.38. The van der Waals surface area contributed by atoms with E-state index < -0.39 is 0 Å². The number of rotatable bonds is 6. The number of anilines is 3. The molecule has 0 amide bonds. The van der Waals surface area contributed by atoms with Gasteiger partial charge in [0.15, 0.2) is 5.84 Å². The van der Waals surface area contributed by atoms with E-state index in [-0.39, 0.29) is 6.17 Å². The molecule has 58 heavy (non-hydrogen) atoms. The van der Waals surface area contributed by atoms with Crippen LogP contribution in [0, 0.1) is 0 Å². The SMILES string of the molecule is C1=Cc2cc(-c3cccc4c3c3ccccc3n4-c3cccc(C4=NC(c5ccccc5)NC(c5ccccc5)=N4)c3)ccc2N(c2ccccc2)c2ccccc21. The molecule has 1 N–H and O–H groups in total. The molecule has 11 rings (SSSR count). The molecule has 8 aromatic carbocycles. The Morgan fingerprint density at radius 2 is 1.12 bits per heavy atom. The highest BCUT2D eigenvalue weighted by Crippen LogP contribution is 2.45. The molecule has 5 nitrogen and oxygen atoms in total. The van der Waals surface area contributed by atoms with Gasteiger partial charge in [-0.25, -0.2) is 9.98 Å². The summed E-state index contributed by atoms with van der Waals surface area (Å²) in [5.74, 6) is 1.50. The highest BCUT2D eigenvalue weighted by Gasteiger charge is 2.24. The molecule has 0 saturated carbocycles. The molecular weight excluding hydrogens is 707 g/mol. The Balaban J connectivity index is 1.05. The Morgan fingerprint density at radius 1 is 0.466 bits per heavy atom. The Morgan fingerprint density at radius 3 is 1.98 bits per heavy atom. The van der Waals surface area contributed by atoms with E-state index >= 15 is 0 Å². The van der Waals surface area contributed by atoms with Gasteiger partial charge in [0.2, 0.25) is 0 Å². The molecule has 0 spiro atoms. The number of benzene rings is 8. The lowest BCUT2D eigenvalue weighted by Gasteiger charge is -2.27. The average Bonchev–Trinajstić information content (AvgIpc) is 3.55. The van der Waals surface area contributed by atoms with Crippen molar-refractivity contribution >= 4 is 62.7 Å². The molecule has 0 saturated heterocycles. The van der Waals surface area contributed by atoms with Crippen molar-refractivity contribution in [2.45, 2.75) is 6.17 Å². The van der Waals surface area contributed by atoms with Crippen molar-refractivity contribution in [3.8, 4) is 16.8 Å². The minimum absolute atomic E-state index is 0.270. The number of aromatic nitrogens is 1. The summed E-state index contributed by atoms with van der Waals surface area (Å²) in [6.07, 6.45) is 4.22. The zero-order valence-corrected chi connectivity index (χ0v) is 31.6. The fourth-order valence-electron chi connectivity index (χ4n) is 8.51. The molecule has 1 atom stereocenters. The maximum atomic E-state index is 5.18. The van der Waals surface area contributed by atoms with Crippen LogP contribution in [0.5, 0.6) is 0 Å². The standard InChI is InChI=1S/C53H37N5/c1-4-17-37(18-5-1)51-54-52(38-19-6-2-7-20-38)56-53(55-51)41-21-14-24-43(35-41)58-48-28-13-11-25-45(48)50-44(26-15-29-49(50)58)39-32-33-47-40(34-39)31-30-36-16-10-12-27-46(36)57(47)42-22-8-3-9-23-42/h1-35,51H,(H,54,55,56). The molecule has 274 valence electrons. The first-order valence-corrected chi connectivity index (χ1v) is 19.7. The van der Waals surface area contributed by atoms with Crippen molar-refractivity contribution in [3.05, 3.63) is 228 Å². The number of para-hydroxylation sites is 3. The van der Waals surface area contributed by atoms with Crippen LogP contribution >= 0.6 is 0 Å². The van der Waals surface area contributed by atoms with E-state index in [4.69, 9.17) is 9.98 Å². The third-order valence-electron chi connectivity index (χ3n) is 11.2. The van der Waals surface area contributed by atoms with Crippen molar-refractivity contribution < 1.29 is 0 Å². The number of hydrogen-bond acceptors (Lipinski definition) is 4. The van der Waals surface area contributed by atoms with E-state index in [2.05, 4.69) is 203 Å². The van der Waals surface area contributed by atoms with Gasteiger partial charge in [-0.15, -0.1) is 0 Å². The molecular formula is C53H37N5. The summed E-state index contributed by atoms with van der Waals surface area (Å²) in [6, 6.07) is 70.8. The van der Waals surface area contributed by atoms with Gasteiger partial charge in [0.1, 0.15) is 12.0 Å². The van der Waals surface area contributed by atoms with Gasteiger partial charge in [-0.3, -0.25) is 0 Å². The number of fused-ring (bicyclic) bond motifs is 5. The van der Waals surface area contributed by atoms with Gasteiger partial charge in [0.25, 0.3) is 0 Å². The lowest BCUT2D eigenvalue weighted by Crippen LogP contribution is -2.33. The smallest absolute Gasteiger partial charge is 0.159 e. The van der Waals surface area contributed by atoms with E-state index in [1.54, 1.807) is 0 Å². The van der Waals surface area contributed by atoms with Crippen LogP contribution in [-0.2, 0) is 0 Å². The van der Waals surface area contributed by atoms with Crippen molar-refractivity contribution in [2.24, 2.45) is 9.98 Å². The molecule has 0 radical (unpaired) electrons. The van der Waals surface area contributed by atoms with Gasteiger partial charge in [-0.1, -0.05) is 158 Å². The number of nitrogens with zero attached hydrogens (tertiary/aromatic N) is 4. The predicted molar refractivity (Wildman–Crippen MR) is 242 cm³/mol. The normalized spacial score (nSPS) is 14.6. The van der Waals surface area contributed by atoms with Crippen molar-refractivity contribution in [1.82, 2.24) is 9.88 Å². The zero-order valence-electron chi connectivity index (χ0n) is 31.6. The quantitative estimate of drug-likeness (QED) is 0.184. The van der Waals surface area contributed by atoms with Crippen LogP contribution in [0.15, 0.2) is 210 Å². The Hall–Kier alpha value is -7.76. The van der Waals surface area contributed by atoms with Gasteiger partial charge in [-0.05, 0) is 82.4 Å². The Bertz CT molecular complexity index is 3090. The molecule has 1 unspecified atom stereocenters. The van der Waals surface area contributed by atoms with Crippen LogP contribution in [0.4, 0.5) is 17.1 Å². The van der Waals surface area contributed by atoms with Crippen molar-refractivity contribution in [2.75, 3.05) is 4.90 Å². The Labute approximate surface area is 337 Å². The van der Waals surface area contributed by atoms with Gasteiger partial charge >= 0.3 is 0 Å². The molecule has 2 aliphatic rings. The number of nitrogens with one attached hydrogen (secondary N) is 1. The first kappa shape index (κ1) is 33.6. The van der Waals surface area contributed by atoms with Crippen LogP contribution in [0.1, 0.15) is 34.0 Å². The number of amidine groups is 2. The van der Waals surface area contributed by atoms with Gasteiger partial charge in [-0.2, -0.15) is 0 Å². The summed E-state index contributed by atoms with van der Waals surface area (Å²) in [7, 11) is 0. The van der Waals surface area contributed by atoms with Gasteiger partial charge < -0.3 is 14.8 Å². The van der Waals surface area contributed by atoms with Crippen LogP contribution < -0.4 is 10.2 Å². The topological polar surface area (TPSA) is 44.9 Å². The van der Waals surface area contributed by atoms with Crippen LogP contribution in [0.3, 0.4) is 0 Å². The minimum atomic E-state index is -0.270. The molecule has 3 heterocycles. The summed E-state index contributed by atoms with van der Waals surface area (Å²) in [5.41, 5.74) is 14.6. The molecule has 5 heteroatoms. The fourth-order valence-corrected chi connectivity index (χ4v) is 8.51. The van der Waals surface area contributed by atoms with Gasteiger partial charge in [0, 0.05) is 33.3 Å². The minimum Gasteiger partial charge on any atom is -0.344 e. The zero-order chi connectivity index (χ0) is 38.4. The highest BCUT2D eigenvalue weighted by molar-refractivity contribution is 6.17. The summed E-state index contributed by atoms with van der Waals surface area (Å²) in [6.45, 7) is 0. The first-order valence-electron chi connectivity index (χ1n) is 19.7. The molecule has 9 aromatic rings. The third-order valence-corrected chi connectivity index (χ3v) is 11.2. The summed E-state index contributed by atoms with van der Waals surface area (Å²) in [5, 5.41) is 6.01. The van der Waals surface area contributed by atoms with Crippen LogP contribution in [-0.4, -0.2) is 16.2 Å². The lowest BCUT2D eigenvalue weighted by molar-refractivity contribution is 0.674.